The first kappa shape index (κ1) is 13.2. The van der Waals surface area contributed by atoms with Crippen molar-refractivity contribution >= 4 is 12.4 Å². The molecule has 0 atom stereocenters. The van der Waals surface area contributed by atoms with Crippen LogP contribution < -0.4 is 10.1 Å². The molecule has 0 aromatic carbocycles. The van der Waals surface area contributed by atoms with E-state index in [9.17, 15) is 0 Å². The van der Waals surface area contributed by atoms with E-state index in [4.69, 9.17) is 4.74 Å². The van der Waals surface area contributed by atoms with Crippen molar-refractivity contribution in [2.75, 3.05) is 33.3 Å². The van der Waals surface area contributed by atoms with Crippen molar-refractivity contribution < 1.29 is 4.74 Å². The Hall–Kier alpha value is -0.910. The maximum Gasteiger partial charge on any atom is 0.236 e. The van der Waals surface area contributed by atoms with E-state index in [1.807, 2.05) is 0 Å². The minimum Gasteiger partial charge on any atom is -0.480 e. The molecule has 16 heavy (non-hydrogen) atoms. The number of halogens is 1. The molecular formula is C10H17ClN4O. The van der Waals surface area contributed by atoms with Gasteiger partial charge < -0.3 is 10.1 Å². The lowest BCUT2D eigenvalue weighted by Gasteiger charge is -2.26. The molecule has 0 unspecified atom stereocenters. The Labute approximate surface area is 102 Å². The number of rotatable bonds is 3. The lowest BCUT2D eigenvalue weighted by molar-refractivity contribution is 0.226. The number of nitrogens with one attached hydrogen (secondary N) is 1. The van der Waals surface area contributed by atoms with Crippen LogP contribution in [0.4, 0.5) is 0 Å². The van der Waals surface area contributed by atoms with Gasteiger partial charge in [-0.1, -0.05) is 0 Å². The van der Waals surface area contributed by atoms with Crippen molar-refractivity contribution in [2.24, 2.45) is 0 Å². The summed E-state index contributed by atoms with van der Waals surface area (Å²) in [5.74, 6) is 0.635. The second-order valence-electron chi connectivity index (χ2n) is 3.54. The van der Waals surface area contributed by atoms with Gasteiger partial charge in [-0.05, 0) is 0 Å². The van der Waals surface area contributed by atoms with Crippen LogP contribution in [0.2, 0.25) is 0 Å². The maximum absolute atomic E-state index is 5.17. The van der Waals surface area contributed by atoms with Gasteiger partial charge in [0, 0.05) is 45.1 Å². The van der Waals surface area contributed by atoms with Gasteiger partial charge in [-0.3, -0.25) is 9.88 Å². The predicted molar refractivity (Wildman–Crippen MR) is 64.0 cm³/mol. The number of nitrogens with zero attached hydrogens (tertiary/aromatic N) is 3. The summed E-state index contributed by atoms with van der Waals surface area (Å²) in [4.78, 5) is 10.8. The second kappa shape index (κ2) is 6.62. The Morgan fingerprint density at radius 2 is 2.00 bits per heavy atom. The fourth-order valence-electron chi connectivity index (χ4n) is 1.71. The average Bonchev–Trinajstić information content (AvgIpc) is 2.31. The molecule has 90 valence electrons. The summed E-state index contributed by atoms with van der Waals surface area (Å²) >= 11 is 0. The topological polar surface area (TPSA) is 50.3 Å². The summed E-state index contributed by atoms with van der Waals surface area (Å²) in [5.41, 5.74) is 0.918. The van der Waals surface area contributed by atoms with Gasteiger partial charge in [0.15, 0.2) is 0 Å². The van der Waals surface area contributed by atoms with Gasteiger partial charge in [-0.15, -0.1) is 12.4 Å². The Morgan fingerprint density at radius 3 is 2.69 bits per heavy atom. The zero-order valence-electron chi connectivity index (χ0n) is 9.35. The second-order valence-corrected chi connectivity index (χ2v) is 3.54. The van der Waals surface area contributed by atoms with Gasteiger partial charge in [0.25, 0.3) is 0 Å². The molecule has 0 amide bonds. The summed E-state index contributed by atoms with van der Waals surface area (Å²) in [6, 6.07) is 0. The monoisotopic (exact) mass is 244 g/mol. The van der Waals surface area contributed by atoms with Crippen LogP contribution in [-0.2, 0) is 6.54 Å². The van der Waals surface area contributed by atoms with Crippen molar-refractivity contribution in [1.82, 2.24) is 20.2 Å². The van der Waals surface area contributed by atoms with E-state index in [-0.39, 0.29) is 12.4 Å². The maximum atomic E-state index is 5.17. The van der Waals surface area contributed by atoms with Gasteiger partial charge in [0.05, 0.1) is 7.11 Å². The molecule has 1 aliphatic heterocycles. The SMILES string of the molecule is COc1nccnc1CN1CCNCC1.Cl. The van der Waals surface area contributed by atoms with E-state index in [1.54, 1.807) is 19.5 Å². The lowest BCUT2D eigenvalue weighted by atomic mass is 10.3. The highest BCUT2D eigenvalue weighted by atomic mass is 35.5. The van der Waals surface area contributed by atoms with Crippen molar-refractivity contribution in [3.8, 4) is 5.88 Å². The number of methoxy groups -OCH3 is 1. The van der Waals surface area contributed by atoms with Gasteiger partial charge in [0.1, 0.15) is 5.69 Å². The summed E-state index contributed by atoms with van der Waals surface area (Å²) in [6.45, 7) is 5.02. The lowest BCUT2D eigenvalue weighted by Crippen LogP contribution is -2.43. The van der Waals surface area contributed by atoms with Crippen molar-refractivity contribution in [2.45, 2.75) is 6.54 Å². The van der Waals surface area contributed by atoms with Crippen LogP contribution in [0.5, 0.6) is 5.88 Å². The molecule has 1 fully saturated rings. The average molecular weight is 245 g/mol. The molecule has 0 saturated carbocycles. The van der Waals surface area contributed by atoms with Crippen LogP contribution in [0, 0.1) is 0 Å². The highest BCUT2D eigenvalue weighted by Gasteiger charge is 2.13. The third-order valence-corrected chi connectivity index (χ3v) is 2.51. The summed E-state index contributed by atoms with van der Waals surface area (Å²) in [7, 11) is 1.63. The quantitative estimate of drug-likeness (QED) is 0.830. The molecule has 2 rings (SSSR count). The first-order valence-electron chi connectivity index (χ1n) is 5.17. The number of ether oxygens (including phenoxy) is 1. The van der Waals surface area contributed by atoms with Crippen LogP contribution >= 0.6 is 12.4 Å². The summed E-state index contributed by atoms with van der Waals surface area (Å²) < 4.78 is 5.17. The molecule has 6 heteroatoms. The van der Waals surface area contributed by atoms with Gasteiger partial charge >= 0.3 is 0 Å². The highest BCUT2D eigenvalue weighted by molar-refractivity contribution is 5.85. The third kappa shape index (κ3) is 3.30. The molecule has 1 aliphatic rings. The third-order valence-electron chi connectivity index (χ3n) is 2.51. The zero-order chi connectivity index (χ0) is 10.5. The van der Waals surface area contributed by atoms with Crippen molar-refractivity contribution in [3.05, 3.63) is 18.1 Å². The van der Waals surface area contributed by atoms with Crippen LogP contribution in [0.1, 0.15) is 5.69 Å². The van der Waals surface area contributed by atoms with Crippen molar-refractivity contribution in [3.63, 3.8) is 0 Å². The Morgan fingerprint density at radius 1 is 1.31 bits per heavy atom. The number of piperazine rings is 1. The van der Waals surface area contributed by atoms with Crippen molar-refractivity contribution in [1.29, 1.82) is 0 Å². The standard InChI is InChI=1S/C10H16N4O.ClH/c1-15-10-9(12-2-3-13-10)8-14-6-4-11-5-7-14;/h2-3,11H,4-8H2,1H3;1H. The van der Waals surface area contributed by atoms with E-state index in [0.717, 1.165) is 38.4 Å². The van der Waals surface area contributed by atoms with Crippen LogP contribution in [0.25, 0.3) is 0 Å². The molecule has 1 saturated heterocycles. The largest absolute Gasteiger partial charge is 0.480 e. The molecule has 0 radical (unpaired) electrons. The number of hydrogen-bond donors (Lipinski definition) is 1. The van der Waals surface area contributed by atoms with Crippen LogP contribution in [0.15, 0.2) is 12.4 Å². The fraction of sp³-hybridized carbons (Fsp3) is 0.600. The Bertz CT molecular complexity index is 317. The smallest absolute Gasteiger partial charge is 0.236 e. The minimum atomic E-state index is 0. The molecule has 1 aromatic rings. The fourth-order valence-corrected chi connectivity index (χ4v) is 1.71. The van der Waals surface area contributed by atoms with Crippen LogP contribution in [0.3, 0.4) is 0 Å². The van der Waals surface area contributed by atoms with E-state index >= 15 is 0 Å². The van der Waals surface area contributed by atoms with Gasteiger partial charge in [0.2, 0.25) is 5.88 Å². The minimum absolute atomic E-state index is 0. The normalized spacial score (nSPS) is 16.6. The van der Waals surface area contributed by atoms with E-state index < -0.39 is 0 Å². The van der Waals surface area contributed by atoms with E-state index in [2.05, 4.69) is 20.2 Å². The molecule has 1 aromatic heterocycles. The summed E-state index contributed by atoms with van der Waals surface area (Å²) in [6.07, 6.45) is 3.36. The Kier molecular flexibility index (Phi) is 5.45. The molecule has 1 N–H and O–H groups in total. The van der Waals surface area contributed by atoms with E-state index in [0.29, 0.717) is 5.88 Å². The van der Waals surface area contributed by atoms with Crippen LogP contribution in [-0.4, -0.2) is 48.2 Å². The number of aromatic nitrogens is 2. The first-order chi connectivity index (χ1) is 7.40. The zero-order valence-corrected chi connectivity index (χ0v) is 10.2. The molecule has 2 heterocycles. The Balaban J connectivity index is 0.00000128. The first-order valence-corrected chi connectivity index (χ1v) is 5.17. The molecule has 0 aliphatic carbocycles. The molecule has 0 spiro atoms. The van der Waals surface area contributed by atoms with E-state index in [1.165, 1.54) is 0 Å². The molecular weight excluding hydrogens is 228 g/mol. The van der Waals surface area contributed by atoms with Gasteiger partial charge in [-0.25, -0.2) is 4.98 Å². The number of hydrogen-bond acceptors (Lipinski definition) is 5. The van der Waals surface area contributed by atoms with Gasteiger partial charge in [-0.2, -0.15) is 0 Å². The predicted octanol–water partition coefficient (Wildman–Crippen LogP) is 0.312. The molecule has 0 bridgehead atoms. The molecule has 5 nitrogen and oxygen atoms in total. The summed E-state index contributed by atoms with van der Waals surface area (Å²) in [5, 5.41) is 3.32. The highest BCUT2D eigenvalue weighted by Crippen LogP contribution is 2.13.